The Kier molecular flexibility index (Phi) is 6.35. The molecule has 1 aliphatic heterocycles. The summed E-state index contributed by atoms with van der Waals surface area (Å²) in [7, 11) is 1.57. The van der Waals surface area contributed by atoms with Crippen LogP contribution in [0, 0.1) is 0 Å². The Bertz CT molecular complexity index is 1300. The van der Waals surface area contributed by atoms with Crippen molar-refractivity contribution in [3.63, 3.8) is 0 Å². The van der Waals surface area contributed by atoms with Gasteiger partial charge in [-0.2, -0.15) is 0 Å². The molecule has 1 saturated heterocycles. The van der Waals surface area contributed by atoms with Crippen LogP contribution in [0.5, 0.6) is 11.5 Å². The molecule has 7 heteroatoms. The fourth-order valence-electron chi connectivity index (χ4n) is 4.20. The minimum atomic E-state index is -0.946. The maximum absolute atomic E-state index is 13.3. The molecule has 0 saturated carbocycles. The second-order valence-corrected chi connectivity index (χ2v) is 8.79. The molecule has 0 aliphatic carbocycles. The highest BCUT2D eigenvalue weighted by molar-refractivity contribution is 6.51. The summed E-state index contributed by atoms with van der Waals surface area (Å²) in [4.78, 5) is 27.8. The fraction of sp³-hybridized carbons (Fsp3) is 0.185. The lowest BCUT2D eigenvalue weighted by molar-refractivity contribution is -0.132. The van der Waals surface area contributed by atoms with Crippen LogP contribution in [0.15, 0.2) is 72.3 Å². The molecule has 1 aliphatic rings. The highest BCUT2D eigenvalue weighted by Crippen LogP contribution is 2.43. The summed E-state index contributed by atoms with van der Waals surface area (Å²) in [6.45, 7) is 3.99. The highest BCUT2D eigenvalue weighted by Gasteiger charge is 2.47. The molecule has 3 aromatic carbocycles. The minimum absolute atomic E-state index is 0.0225. The number of phenols is 1. The van der Waals surface area contributed by atoms with Gasteiger partial charge in [-0.3, -0.25) is 14.5 Å². The van der Waals surface area contributed by atoms with Crippen molar-refractivity contribution >= 4 is 34.7 Å². The Balaban J connectivity index is 1.95. The molecule has 0 aromatic heterocycles. The van der Waals surface area contributed by atoms with Crippen LogP contribution in [0.2, 0.25) is 5.02 Å². The zero-order valence-corrected chi connectivity index (χ0v) is 19.7. The van der Waals surface area contributed by atoms with E-state index < -0.39 is 17.7 Å². The van der Waals surface area contributed by atoms with E-state index in [1.165, 1.54) is 17.0 Å². The third-order valence-electron chi connectivity index (χ3n) is 5.86. The van der Waals surface area contributed by atoms with E-state index >= 15 is 0 Å². The standard InChI is InChI=1S/C27H24ClNO5/c1-15(2)21-14-17(7-12-22(21)34-3)25(31)23-24(16-5-4-6-20(30)13-16)29(27(33)26(23)32)19-10-8-18(28)9-11-19/h4-15,24,30-31H,1-3H3/b25-23-. The van der Waals surface area contributed by atoms with Crippen molar-refractivity contribution in [1.29, 1.82) is 0 Å². The van der Waals surface area contributed by atoms with Gasteiger partial charge in [0, 0.05) is 16.3 Å². The first kappa shape index (κ1) is 23.4. The van der Waals surface area contributed by atoms with E-state index in [9.17, 15) is 19.8 Å². The van der Waals surface area contributed by atoms with Gasteiger partial charge in [-0.05, 0) is 71.6 Å². The molecule has 0 radical (unpaired) electrons. The third kappa shape index (κ3) is 4.13. The zero-order chi connectivity index (χ0) is 24.6. The Morgan fingerprint density at radius 2 is 1.74 bits per heavy atom. The molecule has 0 bridgehead atoms. The Hall–Kier alpha value is -3.77. The summed E-state index contributed by atoms with van der Waals surface area (Å²) < 4.78 is 5.43. The Morgan fingerprint density at radius 3 is 2.35 bits per heavy atom. The molecule has 1 amide bonds. The van der Waals surface area contributed by atoms with Crippen LogP contribution < -0.4 is 9.64 Å². The average molecular weight is 478 g/mol. The van der Waals surface area contributed by atoms with Gasteiger partial charge in [0.1, 0.15) is 17.3 Å². The number of carbonyl (C=O) groups excluding carboxylic acids is 2. The van der Waals surface area contributed by atoms with E-state index in [1.54, 1.807) is 61.7 Å². The molecule has 1 heterocycles. The predicted molar refractivity (Wildman–Crippen MR) is 131 cm³/mol. The van der Waals surface area contributed by atoms with Gasteiger partial charge in [-0.1, -0.05) is 37.6 Å². The smallest absolute Gasteiger partial charge is 0.300 e. The van der Waals surface area contributed by atoms with Crippen LogP contribution in [-0.4, -0.2) is 29.0 Å². The third-order valence-corrected chi connectivity index (χ3v) is 6.11. The molecule has 1 unspecified atom stereocenters. The first-order chi connectivity index (χ1) is 16.2. The normalized spacial score (nSPS) is 17.4. The van der Waals surface area contributed by atoms with E-state index in [0.717, 1.165) is 5.56 Å². The molecule has 2 N–H and O–H groups in total. The van der Waals surface area contributed by atoms with Crippen molar-refractivity contribution in [2.24, 2.45) is 0 Å². The first-order valence-corrected chi connectivity index (χ1v) is 11.1. The van der Waals surface area contributed by atoms with Gasteiger partial charge < -0.3 is 14.9 Å². The highest BCUT2D eigenvalue weighted by atomic mass is 35.5. The predicted octanol–water partition coefficient (Wildman–Crippen LogP) is 5.80. The molecular weight excluding hydrogens is 454 g/mol. The van der Waals surface area contributed by atoms with Crippen molar-refractivity contribution in [2.75, 3.05) is 12.0 Å². The van der Waals surface area contributed by atoms with Gasteiger partial charge in [0.2, 0.25) is 0 Å². The second kappa shape index (κ2) is 9.23. The van der Waals surface area contributed by atoms with Crippen LogP contribution in [0.4, 0.5) is 5.69 Å². The molecule has 1 fully saturated rings. The van der Waals surface area contributed by atoms with Gasteiger partial charge in [-0.15, -0.1) is 0 Å². The van der Waals surface area contributed by atoms with Gasteiger partial charge in [0.05, 0.1) is 18.7 Å². The lowest BCUT2D eigenvalue weighted by atomic mass is 9.93. The van der Waals surface area contributed by atoms with Crippen LogP contribution in [0.25, 0.3) is 5.76 Å². The largest absolute Gasteiger partial charge is 0.508 e. The number of aliphatic hydroxyl groups excluding tert-OH is 1. The summed E-state index contributed by atoms with van der Waals surface area (Å²) in [5.74, 6) is -1.16. The number of phenolic OH excluding ortho intramolecular Hbond substituents is 1. The van der Waals surface area contributed by atoms with Gasteiger partial charge in [0.25, 0.3) is 11.7 Å². The number of Topliss-reactive ketones (excluding diaryl/α,β-unsaturated/α-hetero) is 1. The number of aromatic hydroxyl groups is 1. The number of carbonyl (C=O) groups is 2. The molecule has 6 nitrogen and oxygen atoms in total. The lowest BCUT2D eigenvalue weighted by Gasteiger charge is -2.25. The number of aliphatic hydroxyl groups is 1. The molecule has 34 heavy (non-hydrogen) atoms. The molecule has 1 atom stereocenters. The number of nitrogens with zero attached hydrogens (tertiary/aromatic N) is 1. The van der Waals surface area contributed by atoms with Crippen LogP contribution in [0.3, 0.4) is 0 Å². The maximum atomic E-state index is 13.3. The van der Waals surface area contributed by atoms with Crippen molar-refractivity contribution in [3.8, 4) is 11.5 Å². The molecule has 3 aromatic rings. The van der Waals surface area contributed by atoms with Gasteiger partial charge in [0.15, 0.2) is 0 Å². The summed E-state index contributed by atoms with van der Waals surface area (Å²) in [5, 5.41) is 21.9. The summed E-state index contributed by atoms with van der Waals surface area (Å²) >= 11 is 6.02. The molecule has 174 valence electrons. The number of hydrogen-bond acceptors (Lipinski definition) is 5. The SMILES string of the molecule is COc1ccc(/C(O)=C2/C(=O)C(=O)N(c3ccc(Cl)cc3)C2c2cccc(O)c2)cc1C(C)C. The number of ether oxygens (including phenoxy) is 1. The summed E-state index contributed by atoms with van der Waals surface area (Å²) in [6.07, 6.45) is 0. The maximum Gasteiger partial charge on any atom is 0.300 e. The monoisotopic (exact) mass is 477 g/mol. The minimum Gasteiger partial charge on any atom is -0.508 e. The van der Waals surface area contributed by atoms with Gasteiger partial charge in [-0.25, -0.2) is 0 Å². The topological polar surface area (TPSA) is 87.1 Å². The summed E-state index contributed by atoms with van der Waals surface area (Å²) in [6, 6.07) is 17.0. The van der Waals surface area contributed by atoms with E-state index in [2.05, 4.69) is 0 Å². The van der Waals surface area contributed by atoms with Crippen LogP contribution in [0.1, 0.15) is 42.5 Å². The lowest BCUT2D eigenvalue weighted by Crippen LogP contribution is -2.29. The van der Waals surface area contributed by atoms with Crippen molar-refractivity contribution in [3.05, 3.63) is 94.0 Å². The van der Waals surface area contributed by atoms with Crippen LogP contribution in [-0.2, 0) is 9.59 Å². The Labute approximate surface area is 202 Å². The first-order valence-electron chi connectivity index (χ1n) is 10.8. The quantitative estimate of drug-likeness (QED) is 0.275. The molecule has 4 rings (SSSR count). The molecular formula is C27H24ClNO5. The van der Waals surface area contributed by atoms with E-state index in [-0.39, 0.29) is 23.0 Å². The number of benzene rings is 3. The number of anilines is 1. The van der Waals surface area contributed by atoms with Crippen LogP contribution >= 0.6 is 11.6 Å². The fourth-order valence-corrected chi connectivity index (χ4v) is 4.33. The number of hydrogen-bond donors (Lipinski definition) is 2. The second-order valence-electron chi connectivity index (χ2n) is 8.35. The average Bonchev–Trinajstić information content (AvgIpc) is 3.09. The number of amides is 1. The van der Waals surface area contributed by atoms with Crippen molar-refractivity contribution < 1.29 is 24.5 Å². The number of ketones is 1. The van der Waals surface area contributed by atoms with Gasteiger partial charge >= 0.3 is 0 Å². The van der Waals surface area contributed by atoms with E-state index in [0.29, 0.717) is 27.6 Å². The summed E-state index contributed by atoms with van der Waals surface area (Å²) in [5.41, 5.74) is 2.10. The number of halogens is 1. The number of methoxy groups -OCH3 is 1. The Morgan fingerprint density at radius 1 is 1.03 bits per heavy atom. The van der Waals surface area contributed by atoms with Crippen molar-refractivity contribution in [1.82, 2.24) is 0 Å². The van der Waals surface area contributed by atoms with E-state index in [4.69, 9.17) is 16.3 Å². The van der Waals surface area contributed by atoms with E-state index in [1.807, 2.05) is 13.8 Å². The number of rotatable bonds is 5. The zero-order valence-electron chi connectivity index (χ0n) is 18.9. The van der Waals surface area contributed by atoms with Crippen molar-refractivity contribution in [2.45, 2.75) is 25.8 Å². The molecule has 0 spiro atoms.